The Morgan fingerprint density at radius 2 is 2.19 bits per heavy atom. The van der Waals surface area contributed by atoms with E-state index in [9.17, 15) is 20.2 Å². The van der Waals surface area contributed by atoms with Gasteiger partial charge < -0.3 is 10.1 Å². The highest BCUT2D eigenvalue weighted by molar-refractivity contribution is 5.85. The number of nitro groups is 1. The van der Waals surface area contributed by atoms with Gasteiger partial charge in [-0.3, -0.25) is 14.9 Å². The number of ether oxygens (including phenoxy) is 1. The molecule has 0 spiro atoms. The van der Waals surface area contributed by atoms with Crippen molar-refractivity contribution in [2.24, 2.45) is 5.41 Å². The molecular weight excluding hydrogens is 274 g/mol. The predicted molar refractivity (Wildman–Crippen MR) is 73.0 cm³/mol. The number of nitro benzene ring substituents is 1. The summed E-state index contributed by atoms with van der Waals surface area (Å²) < 4.78 is 5.18. The molecule has 2 rings (SSSR count). The van der Waals surface area contributed by atoms with Gasteiger partial charge in [0.2, 0.25) is 5.91 Å². The number of hydrogen-bond acceptors (Lipinski definition) is 5. The molecule has 1 saturated heterocycles. The minimum atomic E-state index is -1.06. The zero-order chi connectivity index (χ0) is 15.3. The monoisotopic (exact) mass is 289 g/mol. The Balaban J connectivity index is 2.02. The molecule has 110 valence electrons. The van der Waals surface area contributed by atoms with Crippen molar-refractivity contribution in [1.29, 1.82) is 5.26 Å². The van der Waals surface area contributed by atoms with E-state index in [4.69, 9.17) is 4.74 Å². The average molecular weight is 289 g/mol. The first kappa shape index (κ1) is 14.9. The highest BCUT2D eigenvalue weighted by Crippen LogP contribution is 2.30. The van der Waals surface area contributed by atoms with Gasteiger partial charge in [-0.2, -0.15) is 5.26 Å². The molecule has 21 heavy (non-hydrogen) atoms. The van der Waals surface area contributed by atoms with E-state index in [1.165, 1.54) is 12.1 Å². The van der Waals surface area contributed by atoms with Crippen molar-refractivity contribution >= 4 is 11.6 Å². The van der Waals surface area contributed by atoms with Gasteiger partial charge in [0, 0.05) is 31.9 Å². The summed E-state index contributed by atoms with van der Waals surface area (Å²) in [6.07, 6.45) is 0.731. The van der Waals surface area contributed by atoms with Crippen LogP contribution in [0.15, 0.2) is 24.3 Å². The minimum Gasteiger partial charge on any atom is -0.381 e. The summed E-state index contributed by atoms with van der Waals surface area (Å²) in [6, 6.07) is 8.13. The van der Waals surface area contributed by atoms with Crippen molar-refractivity contribution in [2.75, 3.05) is 13.2 Å². The summed E-state index contributed by atoms with van der Waals surface area (Å²) in [6.45, 7) is 0.931. The van der Waals surface area contributed by atoms with Gasteiger partial charge in [-0.25, -0.2) is 0 Å². The fourth-order valence-electron chi connectivity index (χ4n) is 2.24. The number of nitriles is 1. The maximum atomic E-state index is 12.2. The summed E-state index contributed by atoms with van der Waals surface area (Å²) >= 11 is 0. The summed E-state index contributed by atoms with van der Waals surface area (Å²) in [5.41, 5.74) is -0.459. The molecule has 0 bridgehead atoms. The fourth-order valence-corrected chi connectivity index (χ4v) is 2.24. The zero-order valence-corrected chi connectivity index (χ0v) is 11.4. The molecule has 1 aliphatic rings. The van der Waals surface area contributed by atoms with Crippen molar-refractivity contribution in [2.45, 2.75) is 19.4 Å². The van der Waals surface area contributed by atoms with E-state index >= 15 is 0 Å². The zero-order valence-electron chi connectivity index (χ0n) is 11.4. The maximum absolute atomic E-state index is 12.2. The van der Waals surface area contributed by atoms with Gasteiger partial charge in [0.15, 0.2) is 0 Å². The number of benzene rings is 1. The van der Waals surface area contributed by atoms with Crippen LogP contribution in [0.2, 0.25) is 0 Å². The van der Waals surface area contributed by atoms with E-state index in [1.54, 1.807) is 12.1 Å². The summed E-state index contributed by atoms with van der Waals surface area (Å²) in [4.78, 5) is 22.4. The highest BCUT2D eigenvalue weighted by atomic mass is 16.6. The number of carbonyl (C=O) groups excluding carboxylic acids is 1. The van der Waals surface area contributed by atoms with E-state index in [0.29, 0.717) is 31.6 Å². The first-order valence-corrected chi connectivity index (χ1v) is 6.58. The van der Waals surface area contributed by atoms with Gasteiger partial charge >= 0.3 is 0 Å². The van der Waals surface area contributed by atoms with Crippen LogP contribution in [0.1, 0.15) is 18.4 Å². The van der Waals surface area contributed by atoms with E-state index in [2.05, 4.69) is 11.4 Å². The molecule has 1 aromatic carbocycles. The number of carbonyl (C=O) groups is 1. The number of rotatable bonds is 4. The van der Waals surface area contributed by atoms with Crippen LogP contribution in [0.4, 0.5) is 5.69 Å². The van der Waals surface area contributed by atoms with Gasteiger partial charge in [0.1, 0.15) is 5.41 Å². The van der Waals surface area contributed by atoms with Gasteiger partial charge in [-0.05, 0) is 18.4 Å². The number of amides is 1. The molecule has 1 amide bonds. The smallest absolute Gasteiger partial charge is 0.269 e. The molecule has 0 aromatic heterocycles. The van der Waals surface area contributed by atoms with Crippen LogP contribution in [0.3, 0.4) is 0 Å². The summed E-state index contributed by atoms with van der Waals surface area (Å²) in [5, 5.41) is 22.7. The van der Waals surface area contributed by atoms with Crippen molar-refractivity contribution < 1.29 is 14.5 Å². The lowest BCUT2D eigenvalue weighted by atomic mass is 9.81. The van der Waals surface area contributed by atoms with Crippen LogP contribution in [0.5, 0.6) is 0 Å². The van der Waals surface area contributed by atoms with Gasteiger partial charge in [0.25, 0.3) is 5.69 Å². The standard InChI is InChI=1S/C14H15N3O4/c15-10-14(4-6-21-7-5-14)13(18)16-9-11-2-1-3-12(8-11)17(19)20/h1-3,8H,4-7,9H2,(H,16,18). The van der Waals surface area contributed by atoms with Crippen molar-refractivity contribution in [3.8, 4) is 6.07 Å². The maximum Gasteiger partial charge on any atom is 0.269 e. The van der Waals surface area contributed by atoms with E-state index in [0.717, 1.165) is 0 Å². The second-order valence-corrected chi connectivity index (χ2v) is 4.92. The van der Waals surface area contributed by atoms with Gasteiger partial charge in [0.05, 0.1) is 11.0 Å². The summed E-state index contributed by atoms with van der Waals surface area (Å²) in [7, 11) is 0. The van der Waals surface area contributed by atoms with Gasteiger partial charge in [-0.15, -0.1) is 0 Å². The average Bonchev–Trinajstić information content (AvgIpc) is 2.53. The Kier molecular flexibility index (Phi) is 4.50. The molecule has 1 heterocycles. The lowest BCUT2D eigenvalue weighted by Crippen LogP contribution is -2.43. The third-order valence-corrected chi connectivity index (χ3v) is 3.57. The lowest BCUT2D eigenvalue weighted by Gasteiger charge is -2.29. The molecule has 0 radical (unpaired) electrons. The quantitative estimate of drug-likeness (QED) is 0.668. The Morgan fingerprint density at radius 1 is 1.48 bits per heavy atom. The van der Waals surface area contributed by atoms with E-state index < -0.39 is 10.3 Å². The number of nitrogens with one attached hydrogen (secondary N) is 1. The molecule has 7 heteroatoms. The van der Waals surface area contributed by atoms with Crippen LogP contribution >= 0.6 is 0 Å². The fraction of sp³-hybridized carbons (Fsp3) is 0.429. The Labute approximate surface area is 121 Å². The van der Waals surface area contributed by atoms with E-state index in [-0.39, 0.29) is 18.1 Å². The van der Waals surface area contributed by atoms with Crippen LogP contribution in [0, 0.1) is 26.9 Å². The Morgan fingerprint density at radius 3 is 2.81 bits per heavy atom. The normalized spacial score (nSPS) is 16.7. The molecule has 0 saturated carbocycles. The largest absolute Gasteiger partial charge is 0.381 e. The van der Waals surface area contributed by atoms with Crippen LogP contribution in [-0.4, -0.2) is 24.0 Å². The van der Waals surface area contributed by atoms with Crippen LogP contribution in [0.25, 0.3) is 0 Å². The van der Waals surface area contributed by atoms with Crippen molar-refractivity contribution in [3.05, 3.63) is 39.9 Å². The highest BCUT2D eigenvalue weighted by Gasteiger charge is 2.40. The second-order valence-electron chi connectivity index (χ2n) is 4.92. The molecule has 7 nitrogen and oxygen atoms in total. The molecule has 0 aliphatic carbocycles. The molecule has 1 N–H and O–H groups in total. The predicted octanol–water partition coefficient (Wildman–Crippen LogP) is 1.53. The molecule has 0 atom stereocenters. The number of nitrogens with zero attached hydrogens (tertiary/aromatic N) is 2. The summed E-state index contributed by atoms with van der Waals surface area (Å²) in [5.74, 6) is -0.347. The number of hydrogen-bond donors (Lipinski definition) is 1. The van der Waals surface area contributed by atoms with Crippen LogP contribution < -0.4 is 5.32 Å². The van der Waals surface area contributed by atoms with Crippen molar-refractivity contribution in [1.82, 2.24) is 5.32 Å². The molecular formula is C14H15N3O4. The Hall–Kier alpha value is -2.46. The van der Waals surface area contributed by atoms with Crippen molar-refractivity contribution in [3.63, 3.8) is 0 Å². The topological polar surface area (TPSA) is 105 Å². The first-order chi connectivity index (χ1) is 10.1. The molecule has 1 aliphatic heterocycles. The third kappa shape index (κ3) is 3.35. The third-order valence-electron chi connectivity index (χ3n) is 3.57. The minimum absolute atomic E-state index is 0.0252. The molecule has 1 fully saturated rings. The molecule has 0 unspecified atom stereocenters. The number of non-ortho nitro benzene ring substituents is 1. The Bertz CT molecular complexity index is 588. The van der Waals surface area contributed by atoms with E-state index in [1.807, 2.05) is 0 Å². The lowest BCUT2D eigenvalue weighted by molar-refractivity contribution is -0.384. The van der Waals surface area contributed by atoms with Gasteiger partial charge in [-0.1, -0.05) is 12.1 Å². The second kappa shape index (κ2) is 6.33. The SMILES string of the molecule is N#CC1(C(=O)NCc2cccc([N+](=O)[O-])c2)CCOCC1. The molecule has 1 aromatic rings. The van der Waals surface area contributed by atoms with Crippen LogP contribution in [-0.2, 0) is 16.1 Å². The first-order valence-electron chi connectivity index (χ1n) is 6.58.